The highest BCUT2D eigenvalue weighted by atomic mass is 32.2. The van der Waals surface area contributed by atoms with Crippen molar-refractivity contribution in [3.63, 3.8) is 0 Å². The number of nitrogens with zero attached hydrogens (tertiary/aromatic N) is 4. The fraction of sp³-hybridized carbons (Fsp3) is 0.476. The van der Waals surface area contributed by atoms with Crippen molar-refractivity contribution < 1.29 is 9.47 Å². The fourth-order valence-electron chi connectivity index (χ4n) is 3.89. The second kappa shape index (κ2) is 8.82. The lowest BCUT2D eigenvalue weighted by Gasteiger charge is -2.22. The maximum atomic E-state index is 5.54. The van der Waals surface area contributed by atoms with E-state index in [-0.39, 0.29) is 0 Å². The van der Waals surface area contributed by atoms with E-state index in [1.165, 1.54) is 32.1 Å². The van der Waals surface area contributed by atoms with Gasteiger partial charge in [-0.1, -0.05) is 32.1 Å². The lowest BCUT2D eigenvalue weighted by molar-refractivity contribution is 0.322. The third kappa shape index (κ3) is 4.09. The third-order valence-corrected chi connectivity index (χ3v) is 6.47. The summed E-state index contributed by atoms with van der Waals surface area (Å²) >= 11 is 1.59. The fourth-order valence-corrected chi connectivity index (χ4v) is 4.94. The average Bonchev–Trinajstić information content (AvgIpc) is 3.10. The molecule has 6 nitrogen and oxygen atoms in total. The van der Waals surface area contributed by atoms with E-state index in [0.29, 0.717) is 0 Å². The monoisotopic (exact) mass is 398 g/mol. The van der Waals surface area contributed by atoms with Gasteiger partial charge < -0.3 is 14.0 Å². The van der Waals surface area contributed by atoms with Crippen LogP contribution in [0.25, 0.3) is 11.2 Å². The van der Waals surface area contributed by atoms with Gasteiger partial charge in [-0.25, -0.2) is 15.0 Å². The van der Waals surface area contributed by atoms with Crippen LogP contribution in [0.4, 0.5) is 0 Å². The molecule has 4 rings (SSSR count). The van der Waals surface area contributed by atoms with Crippen LogP contribution < -0.4 is 9.47 Å². The molecule has 3 aromatic rings. The first-order valence-electron chi connectivity index (χ1n) is 9.84. The lowest BCUT2D eigenvalue weighted by Crippen LogP contribution is -2.11. The molecule has 1 aromatic carbocycles. The first-order chi connectivity index (χ1) is 13.8. The minimum atomic E-state index is 0.799. The SMILES string of the molecule is COc1ccc(OC)c(Sc2nc3cncnc3n2CCC2CCCCC2)c1. The van der Waals surface area contributed by atoms with Crippen molar-refractivity contribution in [1.29, 1.82) is 0 Å². The zero-order valence-corrected chi connectivity index (χ0v) is 17.2. The summed E-state index contributed by atoms with van der Waals surface area (Å²) in [6, 6.07) is 5.82. The van der Waals surface area contributed by atoms with Crippen LogP contribution in [0.3, 0.4) is 0 Å². The normalized spacial score (nSPS) is 15.1. The quantitative estimate of drug-likeness (QED) is 0.560. The van der Waals surface area contributed by atoms with Gasteiger partial charge in [0.2, 0.25) is 0 Å². The van der Waals surface area contributed by atoms with Gasteiger partial charge in [-0.3, -0.25) is 0 Å². The van der Waals surface area contributed by atoms with Crippen LogP contribution in [0.2, 0.25) is 0 Å². The van der Waals surface area contributed by atoms with Gasteiger partial charge >= 0.3 is 0 Å². The predicted octanol–water partition coefficient (Wildman–Crippen LogP) is 4.97. The molecule has 0 spiro atoms. The van der Waals surface area contributed by atoms with Gasteiger partial charge in [-0.05, 0) is 42.3 Å². The Balaban J connectivity index is 1.64. The minimum Gasteiger partial charge on any atom is -0.497 e. The number of aromatic nitrogens is 4. The van der Waals surface area contributed by atoms with Crippen LogP contribution in [0, 0.1) is 5.92 Å². The first kappa shape index (κ1) is 19.1. The Hall–Kier alpha value is -2.28. The highest BCUT2D eigenvalue weighted by Crippen LogP contribution is 2.38. The van der Waals surface area contributed by atoms with Gasteiger partial charge in [0.1, 0.15) is 23.3 Å². The van der Waals surface area contributed by atoms with Crippen LogP contribution in [-0.2, 0) is 6.54 Å². The largest absolute Gasteiger partial charge is 0.497 e. The van der Waals surface area contributed by atoms with Gasteiger partial charge in [-0.2, -0.15) is 0 Å². The maximum absolute atomic E-state index is 5.54. The van der Waals surface area contributed by atoms with Crippen molar-refractivity contribution in [3.8, 4) is 11.5 Å². The topological polar surface area (TPSA) is 62.1 Å². The van der Waals surface area contributed by atoms with Crippen LogP contribution >= 0.6 is 11.8 Å². The number of hydrogen-bond donors (Lipinski definition) is 0. The van der Waals surface area contributed by atoms with E-state index in [4.69, 9.17) is 14.5 Å². The molecule has 0 amide bonds. The third-order valence-electron chi connectivity index (χ3n) is 5.43. The second-order valence-electron chi connectivity index (χ2n) is 7.19. The van der Waals surface area contributed by atoms with E-state index in [1.54, 1.807) is 38.5 Å². The van der Waals surface area contributed by atoms with Crippen molar-refractivity contribution >= 4 is 22.9 Å². The summed E-state index contributed by atoms with van der Waals surface area (Å²) in [7, 11) is 3.36. The molecule has 0 aliphatic heterocycles. The summed E-state index contributed by atoms with van der Waals surface area (Å²) in [6.07, 6.45) is 11.3. The summed E-state index contributed by atoms with van der Waals surface area (Å²) in [5, 5.41) is 0.915. The number of fused-ring (bicyclic) bond motifs is 1. The molecule has 1 aliphatic rings. The summed E-state index contributed by atoms with van der Waals surface area (Å²) in [6.45, 7) is 0.923. The Morgan fingerprint density at radius 2 is 2.00 bits per heavy atom. The molecule has 1 aliphatic carbocycles. The van der Waals surface area contributed by atoms with E-state index in [0.717, 1.165) is 51.6 Å². The number of hydrogen-bond acceptors (Lipinski definition) is 6. The minimum absolute atomic E-state index is 0.799. The predicted molar refractivity (Wildman–Crippen MR) is 110 cm³/mol. The van der Waals surface area contributed by atoms with Gasteiger partial charge in [0.25, 0.3) is 0 Å². The summed E-state index contributed by atoms with van der Waals surface area (Å²) in [5.41, 5.74) is 1.73. The number of benzene rings is 1. The van der Waals surface area contributed by atoms with Gasteiger partial charge in [0, 0.05) is 6.54 Å². The molecule has 0 atom stereocenters. The van der Waals surface area contributed by atoms with E-state index in [9.17, 15) is 0 Å². The Labute approximate surface area is 169 Å². The van der Waals surface area contributed by atoms with Crippen LogP contribution in [0.1, 0.15) is 38.5 Å². The highest BCUT2D eigenvalue weighted by Gasteiger charge is 2.19. The van der Waals surface area contributed by atoms with E-state index >= 15 is 0 Å². The van der Waals surface area contributed by atoms with E-state index < -0.39 is 0 Å². The number of methoxy groups -OCH3 is 2. The maximum Gasteiger partial charge on any atom is 0.175 e. The molecular weight excluding hydrogens is 372 g/mol. The Kier molecular flexibility index (Phi) is 6.00. The molecule has 2 aromatic heterocycles. The smallest absolute Gasteiger partial charge is 0.175 e. The second-order valence-corrected chi connectivity index (χ2v) is 8.20. The van der Waals surface area contributed by atoms with Gasteiger partial charge in [0.05, 0.1) is 25.3 Å². The number of ether oxygens (including phenoxy) is 2. The van der Waals surface area contributed by atoms with Crippen LogP contribution in [0.15, 0.2) is 40.8 Å². The van der Waals surface area contributed by atoms with Crippen molar-refractivity contribution in [2.24, 2.45) is 5.92 Å². The molecule has 2 heterocycles. The summed E-state index contributed by atoms with van der Waals surface area (Å²) in [4.78, 5) is 14.4. The highest BCUT2D eigenvalue weighted by molar-refractivity contribution is 7.99. The Bertz CT molecular complexity index is 937. The lowest BCUT2D eigenvalue weighted by atomic mass is 9.87. The zero-order valence-electron chi connectivity index (χ0n) is 16.4. The molecule has 0 bridgehead atoms. The summed E-state index contributed by atoms with van der Waals surface area (Å²) < 4.78 is 13.2. The molecule has 1 fully saturated rings. The number of imidazole rings is 1. The molecule has 148 valence electrons. The van der Waals surface area contributed by atoms with E-state index in [1.807, 2.05) is 18.2 Å². The van der Waals surface area contributed by atoms with Crippen molar-refractivity contribution in [2.75, 3.05) is 14.2 Å². The molecule has 0 N–H and O–H groups in total. The summed E-state index contributed by atoms with van der Waals surface area (Å²) in [5.74, 6) is 2.41. The number of rotatable bonds is 7. The molecule has 7 heteroatoms. The molecule has 0 radical (unpaired) electrons. The van der Waals surface area contributed by atoms with Gasteiger partial charge in [0.15, 0.2) is 10.8 Å². The first-order valence-corrected chi connectivity index (χ1v) is 10.7. The molecule has 0 unspecified atom stereocenters. The average molecular weight is 399 g/mol. The molecule has 28 heavy (non-hydrogen) atoms. The Morgan fingerprint density at radius 3 is 2.79 bits per heavy atom. The number of aryl methyl sites for hydroxylation is 1. The zero-order chi connectivity index (χ0) is 19.3. The van der Waals surface area contributed by atoms with Crippen molar-refractivity contribution in [1.82, 2.24) is 19.5 Å². The molecule has 1 saturated carbocycles. The Morgan fingerprint density at radius 1 is 1.14 bits per heavy atom. The molecular formula is C21H26N4O2S. The van der Waals surface area contributed by atoms with Gasteiger partial charge in [-0.15, -0.1) is 0 Å². The van der Waals surface area contributed by atoms with Crippen LogP contribution in [-0.4, -0.2) is 33.7 Å². The van der Waals surface area contributed by atoms with Crippen molar-refractivity contribution in [3.05, 3.63) is 30.7 Å². The van der Waals surface area contributed by atoms with Crippen molar-refractivity contribution in [2.45, 2.75) is 55.1 Å². The standard InChI is InChI=1S/C21H26N4O2S/c1-26-16-8-9-18(27-2)19(12-16)28-21-24-17-13-22-14-23-20(17)25(21)11-10-15-6-4-3-5-7-15/h8-9,12-15H,3-7,10-11H2,1-2H3. The van der Waals surface area contributed by atoms with Crippen LogP contribution in [0.5, 0.6) is 11.5 Å². The molecule has 0 saturated heterocycles. The van der Waals surface area contributed by atoms with E-state index in [2.05, 4.69) is 14.5 Å².